The molecule has 1 aliphatic rings. The molecule has 0 saturated heterocycles. The summed E-state index contributed by atoms with van der Waals surface area (Å²) >= 11 is 0. The molecule has 1 aliphatic carbocycles. The van der Waals surface area contributed by atoms with Crippen LogP contribution in [0.25, 0.3) is 0 Å². The van der Waals surface area contributed by atoms with E-state index >= 15 is 0 Å². The van der Waals surface area contributed by atoms with Crippen LogP contribution in [-0.4, -0.2) is 42.4 Å². The minimum atomic E-state index is -0.438. The molecule has 0 aromatic heterocycles. The monoisotopic (exact) mass is 319 g/mol. The molecule has 2 atom stereocenters. The first kappa shape index (κ1) is 18.3. The molecule has 1 N–H and O–H groups in total. The van der Waals surface area contributed by atoms with E-state index in [1.54, 1.807) is 0 Å². The smallest absolute Gasteiger partial charge is 0.122 e. The lowest BCUT2D eigenvalue weighted by Gasteiger charge is -2.32. The lowest BCUT2D eigenvalue weighted by Crippen LogP contribution is -2.40. The Labute approximate surface area is 141 Å². The Bertz CT molecular complexity index is 457. The average Bonchev–Trinajstić information content (AvgIpc) is 2.60. The summed E-state index contributed by atoms with van der Waals surface area (Å²) in [6, 6.07) is 8.83. The molecule has 0 amide bonds. The summed E-state index contributed by atoms with van der Waals surface area (Å²) in [5.74, 6) is 1.40. The molecule has 0 radical (unpaired) electrons. The summed E-state index contributed by atoms with van der Waals surface area (Å²) < 4.78 is 5.93. The third kappa shape index (κ3) is 5.50. The van der Waals surface area contributed by atoms with Crippen LogP contribution in [0.2, 0.25) is 0 Å². The summed E-state index contributed by atoms with van der Waals surface area (Å²) in [6.07, 6.45) is 7.19. The molecule has 130 valence electrons. The van der Waals surface area contributed by atoms with E-state index in [4.69, 9.17) is 4.74 Å². The van der Waals surface area contributed by atoms with E-state index in [-0.39, 0.29) is 0 Å². The summed E-state index contributed by atoms with van der Waals surface area (Å²) in [5.41, 5.74) is 1.24. The molecule has 0 aliphatic heterocycles. The van der Waals surface area contributed by atoms with Crippen molar-refractivity contribution in [2.75, 3.05) is 20.2 Å². The fourth-order valence-corrected chi connectivity index (χ4v) is 3.48. The van der Waals surface area contributed by atoms with Gasteiger partial charge in [0.1, 0.15) is 18.5 Å². The zero-order chi connectivity index (χ0) is 16.7. The lowest BCUT2D eigenvalue weighted by atomic mass is 9.94. The van der Waals surface area contributed by atoms with Gasteiger partial charge in [-0.05, 0) is 43.9 Å². The van der Waals surface area contributed by atoms with Crippen molar-refractivity contribution < 1.29 is 9.84 Å². The predicted octanol–water partition coefficient (Wildman–Crippen LogP) is 4.20. The highest BCUT2D eigenvalue weighted by atomic mass is 16.5. The number of benzene rings is 1. The van der Waals surface area contributed by atoms with Crippen molar-refractivity contribution >= 4 is 0 Å². The van der Waals surface area contributed by atoms with Crippen molar-refractivity contribution in [2.24, 2.45) is 0 Å². The van der Waals surface area contributed by atoms with E-state index < -0.39 is 6.10 Å². The summed E-state index contributed by atoms with van der Waals surface area (Å²) in [5, 5.41) is 10.3. The molecule has 0 spiro atoms. The van der Waals surface area contributed by atoms with Crippen LogP contribution < -0.4 is 4.74 Å². The van der Waals surface area contributed by atoms with Crippen LogP contribution in [0.1, 0.15) is 63.9 Å². The number of hydrogen-bond donors (Lipinski definition) is 1. The van der Waals surface area contributed by atoms with Crippen molar-refractivity contribution in [2.45, 2.75) is 70.4 Å². The standard InChI is InChI=1S/C20H33NO2/c1-4-16(2)19-12-8-9-13-20(19)23-15-18(22)14-21(3)17-10-6-5-7-11-17/h8-9,12-13,16-18,22H,4-7,10-11,14-15H2,1-3H3/t16-,18+/m0/s1. The number of aliphatic hydroxyl groups is 1. The number of hydrogen-bond acceptors (Lipinski definition) is 3. The third-order valence-electron chi connectivity index (χ3n) is 5.19. The largest absolute Gasteiger partial charge is 0.491 e. The zero-order valence-corrected chi connectivity index (χ0v) is 15.0. The van der Waals surface area contributed by atoms with Gasteiger partial charge in [-0.2, -0.15) is 0 Å². The highest BCUT2D eigenvalue weighted by Crippen LogP contribution is 2.28. The third-order valence-corrected chi connectivity index (χ3v) is 5.19. The first-order chi connectivity index (χ1) is 11.1. The van der Waals surface area contributed by atoms with Gasteiger partial charge in [-0.15, -0.1) is 0 Å². The van der Waals surface area contributed by atoms with Gasteiger partial charge in [-0.3, -0.25) is 0 Å². The molecular formula is C20H33NO2. The van der Waals surface area contributed by atoms with Gasteiger partial charge in [0.2, 0.25) is 0 Å². The van der Waals surface area contributed by atoms with Gasteiger partial charge in [-0.25, -0.2) is 0 Å². The van der Waals surface area contributed by atoms with Crippen LogP contribution in [0.15, 0.2) is 24.3 Å². The van der Waals surface area contributed by atoms with Gasteiger partial charge in [0.15, 0.2) is 0 Å². The van der Waals surface area contributed by atoms with Gasteiger partial charge >= 0.3 is 0 Å². The first-order valence-electron chi connectivity index (χ1n) is 9.21. The van der Waals surface area contributed by atoms with Gasteiger partial charge in [-0.1, -0.05) is 51.3 Å². The van der Waals surface area contributed by atoms with Crippen LogP contribution in [0.3, 0.4) is 0 Å². The molecule has 1 aromatic carbocycles. The summed E-state index contributed by atoms with van der Waals surface area (Å²) in [6.45, 7) is 5.46. The van der Waals surface area contributed by atoms with Crippen LogP contribution in [-0.2, 0) is 0 Å². The first-order valence-corrected chi connectivity index (χ1v) is 9.21. The van der Waals surface area contributed by atoms with Crippen molar-refractivity contribution in [1.82, 2.24) is 4.90 Å². The molecule has 3 heteroatoms. The second-order valence-electron chi connectivity index (χ2n) is 7.04. The van der Waals surface area contributed by atoms with E-state index in [9.17, 15) is 5.11 Å². The van der Waals surface area contributed by atoms with Crippen LogP contribution in [0, 0.1) is 0 Å². The Morgan fingerprint density at radius 3 is 2.61 bits per heavy atom. The average molecular weight is 319 g/mol. The topological polar surface area (TPSA) is 32.7 Å². The Kier molecular flexibility index (Phi) is 7.38. The molecule has 3 nitrogen and oxygen atoms in total. The summed E-state index contributed by atoms with van der Waals surface area (Å²) in [4.78, 5) is 2.31. The van der Waals surface area contributed by atoms with Crippen molar-refractivity contribution in [3.63, 3.8) is 0 Å². The van der Waals surface area contributed by atoms with Crippen molar-refractivity contribution in [3.05, 3.63) is 29.8 Å². The number of aliphatic hydroxyl groups excluding tert-OH is 1. The molecule has 1 saturated carbocycles. The predicted molar refractivity (Wildman–Crippen MR) is 96.2 cm³/mol. The highest BCUT2D eigenvalue weighted by Gasteiger charge is 2.20. The quantitative estimate of drug-likeness (QED) is 0.779. The van der Waals surface area contributed by atoms with Gasteiger partial charge in [0.25, 0.3) is 0 Å². The number of para-hydroxylation sites is 1. The number of nitrogens with zero attached hydrogens (tertiary/aromatic N) is 1. The lowest BCUT2D eigenvalue weighted by molar-refractivity contribution is 0.0558. The molecule has 0 unspecified atom stereocenters. The summed E-state index contributed by atoms with van der Waals surface area (Å²) in [7, 11) is 2.13. The van der Waals surface area contributed by atoms with E-state index in [0.29, 0.717) is 25.1 Å². The van der Waals surface area contributed by atoms with E-state index in [1.807, 2.05) is 12.1 Å². The van der Waals surface area contributed by atoms with Gasteiger partial charge in [0.05, 0.1) is 0 Å². The Morgan fingerprint density at radius 1 is 1.22 bits per heavy atom. The van der Waals surface area contributed by atoms with E-state index in [1.165, 1.54) is 37.7 Å². The van der Waals surface area contributed by atoms with Crippen LogP contribution in [0.4, 0.5) is 0 Å². The van der Waals surface area contributed by atoms with Crippen molar-refractivity contribution in [3.8, 4) is 5.75 Å². The van der Waals surface area contributed by atoms with Gasteiger partial charge in [0, 0.05) is 12.6 Å². The maximum atomic E-state index is 10.3. The fraction of sp³-hybridized carbons (Fsp3) is 0.700. The molecule has 0 bridgehead atoms. The van der Waals surface area contributed by atoms with E-state index in [2.05, 4.69) is 37.9 Å². The maximum absolute atomic E-state index is 10.3. The van der Waals surface area contributed by atoms with Gasteiger partial charge < -0.3 is 14.7 Å². The SMILES string of the molecule is CC[C@H](C)c1ccccc1OC[C@H](O)CN(C)C1CCCCC1. The Morgan fingerprint density at radius 2 is 1.91 bits per heavy atom. The maximum Gasteiger partial charge on any atom is 0.122 e. The zero-order valence-electron chi connectivity index (χ0n) is 15.0. The molecular weight excluding hydrogens is 286 g/mol. The number of likely N-dealkylation sites (N-methyl/N-ethyl adjacent to an activating group) is 1. The van der Waals surface area contributed by atoms with E-state index in [0.717, 1.165) is 12.2 Å². The fourth-order valence-electron chi connectivity index (χ4n) is 3.48. The highest BCUT2D eigenvalue weighted by molar-refractivity contribution is 5.35. The van der Waals surface area contributed by atoms with Crippen molar-refractivity contribution in [1.29, 1.82) is 0 Å². The second kappa shape index (κ2) is 9.29. The molecule has 0 heterocycles. The number of ether oxygens (including phenoxy) is 1. The number of rotatable bonds is 8. The molecule has 1 aromatic rings. The molecule has 23 heavy (non-hydrogen) atoms. The Hall–Kier alpha value is -1.06. The Balaban J connectivity index is 1.83. The van der Waals surface area contributed by atoms with Crippen LogP contribution >= 0.6 is 0 Å². The van der Waals surface area contributed by atoms with Crippen LogP contribution in [0.5, 0.6) is 5.75 Å². The minimum Gasteiger partial charge on any atom is -0.491 e. The molecule has 2 rings (SSSR count). The minimum absolute atomic E-state index is 0.366. The normalized spacial score (nSPS) is 18.8. The second-order valence-corrected chi connectivity index (χ2v) is 7.04. The molecule has 1 fully saturated rings.